The normalized spacial score (nSPS) is 23.7. The second kappa shape index (κ2) is 3.62. The van der Waals surface area contributed by atoms with Gasteiger partial charge in [-0.3, -0.25) is 4.31 Å². The summed E-state index contributed by atoms with van der Waals surface area (Å²) in [5.41, 5.74) is 1.93. The molecule has 5 heteroatoms. The topological polar surface area (TPSA) is 37.4 Å². The molecular weight excluding hydrogens is 325 g/mol. The van der Waals surface area contributed by atoms with Crippen molar-refractivity contribution >= 4 is 38.3 Å². The van der Waals surface area contributed by atoms with E-state index in [9.17, 15) is 8.42 Å². The van der Waals surface area contributed by atoms with E-state index in [4.69, 9.17) is 0 Å². The Morgan fingerprint density at radius 3 is 2.80 bits per heavy atom. The zero-order valence-corrected chi connectivity index (χ0v) is 11.5. The molecule has 0 saturated carbocycles. The molecule has 0 amide bonds. The molecule has 1 heterocycles. The molecule has 2 rings (SSSR count). The molecule has 0 N–H and O–H groups in total. The molecule has 15 heavy (non-hydrogen) atoms. The molecule has 1 aromatic rings. The van der Waals surface area contributed by atoms with Gasteiger partial charge in [-0.05, 0) is 59.7 Å². The molecule has 0 radical (unpaired) electrons. The van der Waals surface area contributed by atoms with Gasteiger partial charge in [0.25, 0.3) is 0 Å². The van der Waals surface area contributed by atoms with E-state index >= 15 is 0 Å². The van der Waals surface area contributed by atoms with Gasteiger partial charge in [0.05, 0.1) is 10.9 Å². The van der Waals surface area contributed by atoms with E-state index < -0.39 is 10.0 Å². The van der Waals surface area contributed by atoms with Crippen LogP contribution in [0.4, 0.5) is 5.69 Å². The van der Waals surface area contributed by atoms with Crippen LogP contribution in [0.5, 0.6) is 0 Å². The lowest BCUT2D eigenvalue weighted by Gasteiger charge is -2.31. The molecule has 3 nitrogen and oxygen atoms in total. The molecule has 1 unspecified atom stereocenters. The molecule has 0 bridgehead atoms. The Kier molecular flexibility index (Phi) is 2.70. The molecule has 1 aliphatic heterocycles. The van der Waals surface area contributed by atoms with Gasteiger partial charge in [0.15, 0.2) is 0 Å². The average molecular weight is 337 g/mol. The van der Waals surface area contributed by atoms with Gasteiger partial charge in [0.1, 0.15) is 0 Å². The lowest BCUT2D eigenvalue weighted by Crippen LogP contribution is -2.40. The fourth-order valence-corrected chi connectivity index (χ4v) is 3.78. The van der Waals surface area contributed by atoms with E-state index in [0.717, 1.165) is 14.8 Å². The number of hydrogen-bond acceptors (Lipinski definition) is 2. The molecule has 0 spiro atoms. The monoisotopic (exact) mass is 337 g/mol. The lowest BCUT2D eigenvalue weighted by molar-refractivity contribution is 0.577. The fourth-order valence-electron chi connectivity index (χ4n) is 1.85. The quantitative estimate of drug-likeness (QED) is 0.679. The summed E-state index contributed by atoms with van der Waals surface area (Å²) >= 11 is 2.24. The number of anilines is 1. The third kappa shape index (κ3) is 1.75. The third-order valence-electron chi connectivity index (χ3n) is 2.78. The Morgan fingerprint density at radius 1 is 1.47 bits per heavy atom. The Bertz CT molecular complexity index is 498. The van der Waals surface area contributed by atoms with Crippen LogP contribution in [-0.4, -0.2) is 20.7 Å². The van der Waals surface area contributed by atoms with Crippen molar-refractivity contribution in [1.82, 2.24) is 0 Å². The molecule has 1 aromatic carbocycles. The van der Waals surface area contributed by atoms with Gasteiger partial charge in [0.2, 0.25) is 10.0 Å². The standard InChI is InChI=1S/C10H12INO2S/c1-7-5-8-6-9(11)3-4-10(8)12(2)15(7,13)14/h3-4,6-7H,5H2,1-2H3. The van der Waals surface area contributed by atoms with Crippen LogP contribution in [0.3, 0.4) is 0 Å². The maximum atomic E-state index is 11.9. The zero-order chi connectivity index (χ0) is 11.2. The predicted molar refractivity (Wildman–Crippen MR) is 69.6 cm³/mol. The van der Waals surface area contributed by atoms with Crippen LogP contribution in [0.1, 0.15) is 12.5 Å². The van der Waals surface area contributed by atoms with Crippen LogP contribution < -0.4 is 4.31 Å². The first-order chi connectivity index (χ1) is 6.93. The highest BCUT2D eigenvalue weighted by Gasteiger charge is 2.33. The molecule has 0 fully saturated rings. The van der Waals surface area contributed by atoms with Gasteiger partial charge >= 0.3 is 0 Å². The van der Waals surface area contributed by atoms with Crippen molar-refractivity contribution in [2.75, 3.05) is 11.4 Å². The molecule has 0 saturated heterocycles. The highest BCUT2D eigenvalue weighted by molar-refractivity contribution is 14.1. The number of sulfonamides is 1. The first kappa shape index (κ1) is 11.2. The lowest BCUT2D eigenvalue weighted by atomic mass is 10.1. The van der Waals surface area contributed by atoms with E-state index in [0.29, 0.717) is 6.42 Å². The number of halogens is 1. The molecule has 0 aromatic heterocycles. The second-order valence-electron chi connectivity index (χ2n) is 3.80. The van der Waals surface area contributed by atoms with Crippen molar-refractivity contribution in [3.8, 4) is 0 Å². The number of nitrogens with zero attached hydrogens (tertiary/aromatic N) is 1. The van der Waals surface area contributed by atoms with Gasteiger partial charge in [-0.1, -0.05) is 0 Å². The molecule has 0 aliphatic carbocycles. The van der Waals surface area contributed by atoms with E-state index in [1.54, 1.807) is 14.0 Å². The highest BCUT2D eigenvalue weighted by Crippen LogP contribution is 2.32. The van der Waals surface area contributed by atoms with Crippen LogP contribution in [0.25, 0.3) is 0 Å². The van der Waals surface area contributed by atoms with Crippen molar-refractivity contribution in [3.05, 3.63) is 27.3 Å². The number of hydrogen-bond donors (Lipinski definition) is 0. The van der Waals surface area contributed by atoms with Crippen LogP contribution in [0.2, 0.25) is 0 Å². The minimum atomic E-state index is -3.14. The smallest absolute Gasteiger partial charge is 0.237 e. The fraction of sp³-hybridized carbons (Fsp3) is 0.400. The Hall–Kier alpha value is -0.300. The summed E-state index contributed by atoms with van der Waals surface area (Å²) in [6.45, 7) is 1.76. The first-order valence-corrected chi connectivity index (χ1v) is 7.27. The van der Waals surface area contributed by atoms with Crippen molar-refractivity contribution in [2.45, 2.75) is 18.6 Å². The van der Waals surface area contributed by atoms with E-state index in [-0.39, 0.29) is 5.25 Å². The summed E-state index contributed by atoms with van der Waals surface area (Å²) in [4.78, 5) is 0. The summed E-state index contributed by atoms with van der Waals surface area (Å²) in [6.07, 6.45) is 0.610. The van der Waals surface area contributed by atoms with Crippen molar-refractivity contribution in [2.24, 2.45) is 0 Å². The number of rotatable bonds is 0. The van der Waals surface area contributed by atoms with Crippen LogP contribution in [0.15, 0.2) is 18.2 Å². The van der Waals surface area contributed by atoms with Gasteiger partial charge in [-0.25, -0.2) is 8.42 Å². The van der Waals surface area contributed by atoms with Gasteiger partial charge in [0, 0.05) is 10.6 Å². The van der Waals surface area contributed by atoms with Crippen molar-refractivity contribution in [3.63, 3.8) is 0 Å². The number of benzene rings is 1. The van der Waals surface area contributed by atoms with Gasteiger partial charge in [-0.2, -0.15) is 0 Å². The molecule has 1 aliphatic rings. The minimum absolute atomic E-state index is 0.326. The maximum absolute atomic E-state index is 11.9. The zero-order valence-electron chi connectivity index (χ0n) is 8.57. The van der Waals surface area contributed by atoms with Crippen molar-refractivity contribution in [1.29, 1.82) is 0 Å². The van der Waals surface area contributed by atoms with Gasteiger partial charge < -0.3 is 0 Å². The van der Waals surface area contributed by atoms with Crippen LogP contribution in [-0.2, 0) is 16.4 Å². The summed E-state index contributed by atoms with van der Waals surface area (Å²) in [6, 6.07) is 5.86. The summed E-state index contributed by atoms with van der Waals surface area (Å²) < 4.78 is 26.3. The largest absolute Gasteiger partial charge is 0.273 e. The van der Waals surface area contributed by atoms with Crippen molar-refractivity contribution < 1.29 is 8.42 Å². The average Bonchev–Trinajstić information content (AvgIpc) is 2.15. The summed E-state index contributed by atoms with van der Waals surface area (Å²) in [5.74, 6) is 0. The first-order valence-electron chi connectivity index (χ1n) is 4.69. The minimum Gasteiger partial charge on any atom is -0.273 e. The Morgan fingerprint density at radius 2 is 2.13 bits per heavy atom. The SMILES string of the molecule is CC1Cc2cc(I)ccc2N(C)S1(=O)=O. The maximum Gasteiger partial charge on any atom is 0.237 e. The van der Waals surface area contributed by atoms with Crippen LogP contribution in [0, 0.1) is 3.57 Å². The summed E-state index contributed by atoms with van der Waals surface area (Å²) in [5, 5.41) is -0.326. The Balaban J connectivity index is 2.61. The molecular formula is C10H12INO2S. The number of fused-ring (bicyclic) bond motifs is 1. The predicted octanol–water partition coefficient (Wildman–Crippen LogP) is 2.00. The summed E-state index contributed by atoms with van der Waals surface area (Å²) in [7, 11) is -1.51. The van der Waals surface area contributed by atoms with E-state index in [2.05, 4.69) is 28.7 Å². The van der Waals surface area contributed by atoms with Gasteiger partial charge in [-0.15, -0.1) is 0 Å². The van der Waals surface area contributed by atoms with E-state index in [1.165, 1.54) is 4.31 Å². The second-order valence-corrected chi connectivity index (χ2v) is 7.43. The third-order valence-corrected chi connectivity index (χ3v) is 5.59. The molecule has 82 valence electrons. The van der Waals surface area contributed by atoms with Crippen LogP contribution >= 0.6 is 22.6 Å². The highest BCUT2D eigenvalue weighted by atomic mass is 127. The van der Waals surface area contributed by atoms with E-state index in [1.807, 2.05) is 12.1 Å². The molecule has 1 atom stereocenters. The Labute approximate surface area is 104 Å².